The number of amides is 1. The Labute approximate surface area is 99.4 Å². The molecule has 88 valence electrons. The second kappa shape index (κ2) is 5.32. The summed E-state index contributed by atoms with van der Waals surface area (Å²) in [6.07, 6.45) is 1.65. The maximum Gasteiger partial charge on any atom is 0.248 e. The topological polar surface area (TPSA) is 68.3 Å². The zero-order valence-electron chi connectivity index (χ0n) is 9.35. The summed E-state index contributed by atoms with van der Waals surface area (Å²) in [6.45, 7) is 1.41. The third-order valence-corrected chi connectivity index (χ3v) is 2.45. The summed E-state index contributed by atoms with van der Waals surface area (Å²) in [5.41, 5.74) is 6.79. The number of nitrogens with two attached hydrogens (primary N) is 1. The van der Waals surface area contributed by atoms with Crippen LogP contribution < -0.4 is 11.1 Å². The molecule has 17 heavy (non-hydrogen) atoms. The molecule has 0 atom stereocenters. The van der Waals surface area contributed by atoms with Crippen molar-refractivity contribution in [3.63, 3.8) is 0 Å². The standard InChI is InChI=1S/C13H14N2O2/c14-13(16)11-5-3-10(4-6-11)8-15-9-12-2-1-7-17-12/h1-7,15H,8-9H2,(H2,14,16). The molecular formula is C13H14N2O2. The average molecular weight is 230 g/mol. The molecule has 3 N–H and O–H groups in total. The zero-order valence-corrected chi connectivity index (χ0v) is 9.35. The van der Waals surface area contributed by atoms with Crippen LogP contribution in [0.3, 0.4) is 0 Å². The van der Waals surface area contributed by atoms with Crippen LogP contribution in [0.2, 0.25) is 0 Å². The molecule has 1 amide bonds. The van der Waals surface area contributed by atoms with Crippen molar-refractivity contribution in [2.45, 2.75) is 13.1 Å². The van der Waals surface area contributed by atoms with E-state index in [0.717, 1.165) is 17.9 Å². The van der Waals surface area contributed by atoms with Crippen molar-refractivity contribution in [2.24, 2.45) is 5.73 Å². The molecule has 1 aromatic heterocycles. The van der Waals surface area contributed by atoms with Gasteiger partial charge in [0.2, 0.25) is 5.91 Å². The Morgan fingerprint density at radius 2 is 1.94 bits per heavy atom. The summed E-state index contributed by atoms with van der Waals surface area (Å²) in [7, 11) is 0. The molecule has 0 spiro atoms. The van der Waals surface area contributed by atoms with Crippen molar-refractivity contribution in [3.05, 3.63) is 59.5 Å². The van der Waals surface area contributed by atoms with Crippen LogP contribution in [0.15, 0.2) is 47.1 Å². The predicted octanol–water partition coefficient (Wildman–Crippen LogP) is 1.67. The Bertz CT molecular complexity index is 475. The lowest BCUT2D eigenvalue weighted by Gasteiger charge is -2.03. The van der Waals surface area contributed by atoms with Gasteiger partial charge in [-0.1, -0.05) is 12.1 Å². The number of benzene rings is 1. The molecule has 0 bridgehead atoms. The molecule has 4 nitrogen and oxygen atoms in total. The molecule has 0 radical (unpaired) electrons. The van der Waals surface area contributed by atoms with Gasteiger partial charge >= 0.3 is 0 Å². The third-order valence-electron chi connectivity index (χ3n) is 2.45. The molecule has 0 aliphatic heterocycles. The second-order valence-corrected chi connectivity index (χ2v) is 3.74. The van der Waals surface area contributed by atoms with Crippen LogP contribution in [0.25, 0.3) is 0 Å². The highest BCUT2D eigenvalue weighted by Gasteiger charge is 2.00. The van der Waals surface area contributed by atoms with Crippen molar-refractivity contribution < 1.29 is 9.21 Å². The number of carbonyl (C=O) groups excluding carboxylic acids is 1. The zero-order chi connectivity index (χ0) is 12.1. The highest BCUT2D eigenvalue weighted by molar-refractivity contribution is 5.92. The van der Waals surface area contributed by atoms with Crippen molar-refractivity contribution in [3.8, 4) is 0 Å². The van der Waals surface area contributed by atoms with E-state index in [4.69, 9.17) is 10.2 Å². The molecule has 0 fully saturated rings. The van der Waals surface area contributed by atoms with Gasteiger partial charge in [0.05, 0.1) is 12.8 Å². The van der Waals surface area contributed by atoms with Gasteiger partial charge in [-0.25, -0.2) is 0 Å². The molecular weight excluding hydrogens is 216 g/mol. The SMILES string of the molecule is NC(=O)c1ccc(CNCc2ccco2)cc1. The van der Waals surface area contributed by atoms with E-state index < -0.39 is 5.91 Å². The molecule has 2 rings (SSSR count). The maximum absolute atomic E-state index is 10.9. The smallest absolute Gasteiger partial charge is 0.248 e. The van der Waals surface area contributed by atoms with Crippen LogP contribution in [-0.4, -0.2) is 5.91 Å². The number of hydrogen-bond donors (Lipinski definition) is 2. The van der Waals surface area contributed by atoms with E-state index in [2.05, 4.69) is 5.32 Å². The minimum Gasteiger partial charge on any atom is -0.468 e. The van der Waals surface area contributed by atoms with Gasteiger partial charge in [-0.05, 0) is 29.8 Å². The first-order chi connectivity index (χ1) is 8.25. The summed E-state index contributed by atoms with van der Waals surface area (Å²) in [4.78, 5) is 10.9. The van der Waals surface area contributed by atoms with Gasteiger partial charge in [0, 0.05) is 12.1 Å². The summed E-state index contributed by atoms with van der Waals surface area (Å²) < 4.78 is 5.20. The third kappa shape index (κ3) is 3.19. The van der Waals surface area contributed by atoms with Gasteiger partial charge in [0.15, 0.2) is 0 Å². The first kappa shape index (κ1) is 11.4. The van der Waals surface area contributed by atoms with Crippen molar-refractivity contribution in [2.75, 3.05) is 0 Å². The Balaban J connectivity index is 1.85. The number of nitrogens with one attached hydrogen (secondary N) is 1. The number of primary amides is 1. The summed E-state index contributed by atoms with van der Waals surface area (Å²) in [5.74, 6) is 0.499. The van der Waals surface area contributed by atoms with Crippen LogP contribution >= 0.6 is 0 Å². The average Bonchev–Trinajstić information content (AvgIpc) is 2.83. The van der Waals surface area contributed by atoms with Crippen molar-refractivity contribution in [1.82, 2.24) is 5.32 Å². The number of hydrogen-bond acceptors (Lipinski definition) is 3. The number of carbonyl (C=O) groups is 1. The van der Waals surface area contributed by atoms with Crippen LogP contribution in [0, 0.1) is 0 Å². The molecule has 0 saturated heterocycles. The Morgan fingerprint density at radius 3 is 2.53 bits per heavy atom. The Hall–Kier alpha value is -2.07. The van der Waals surface area contributed by atoms with Gasteiger partial charge in [0.25, 0.3) is 0 Å². The van der Waals surface area contributed by atoms with E-state index >= 15 is 0 Å². The fourth-order valence-corrected chi connectivity index (χ4v) is 1.53. The normalized spacial score (nSPS) is 10.4. The van der Waals surface area contributed by atoms with Gasteiger partial charge in [-0.15, -0.1) is 0 Å². The maximum atomic E-state index is 10.9. The molecule has 0 aliphatic rings. The van der Waals surface area contributed by atoms with Crippen LogP contribution in [0.5, 0.6) is 0 Å². The monoisotopic (exact) mass is 230 g/mol. The van der Waals surface area contributed by atoms with Crippen LogP contribution in [0.1, 0.15) is 21.7 Å². The fraction of sp³-hybridized carbons (Fsp3) is 0.154. The first-order valence-electron chi connectivity index (χ1n) is 5.37. The van der Waals surface area contributed by atoms with E-state index in [0.29, 0.717) is 12.1 Å². The van der Waals surface area contributed by atoms with Crippen molar-refractivity contribution in [1.29, 1.82) is 0 Å². The lowest BCUT2D eigenvalue weighted by atomic mass is 10.1. The summed E-state index contributed by atoms with van der Waals surface area (Å²) >= 11 is 0. The molecule has 2 aromatic rings. The predicted molar refractivity (Wildman–Crippen MR) is 64.2 cm³/mol. The van der Waals surface area contributed by atoms with Gasteiger partial charge in [-0.3, -0.25) is 4.79 Å². The molecule has 0 unspecified atom stereocenters. The molecule has 1 heterocycles. The minimum atomic E-state index is -0.403. The van der Waals surface area contributed by atoms with E-state index in [-0.39, 0.29) is 0 Å². The molecule has 4 heteroatoms. The molecule has 0 aliphatic carbocycles. The summed E-state index contributed by atoms with van der Waals surface area (Å²) in [6, 6.07) is 11.0. The highest BCUT2D eigenvalue weighted by Crippen LogP contribution is 2.04. The van der Waals surface area contributed by atoms with Crippen LogP contribution in [-0.2, 0) is 13.1 Å². The number of furan rings is 1. The van der Waals surface area contributed by atoms with E-state index in [1.54, 1.807) is 18.4 Å². The Kier molecular flexibility index (Phi) is 3.57. The van der Waals surface area contributed by atoms with Gasteiger partial charge in [-0.2, -0.15) is 0 Å². The van der Waals surface area contributed by atoms with Gasteiger partial charge in [0.1, 0.15) is 5.76 Å². The van der Waals surface area contributed by atoms with E-state index in [1.165, 1.54) is 0 Å². The minimum absolute atomic E-state index is 0.403. The first-order valence-corrected chi connectivity index (χ1v) is 5.37. The molecule has 0 saturated carbocycles. The lowest BCUT2D eigenvalue weighted by Crippen LogP contribution is -2.13. The lowest BCUT2D eigenvalue weighted by molar-refractivity contribution is 0.100. The highest BCUT2D eigenvalue weighted by atomic mass is 16.3. The van der Waals surface area contributed by atoms with E-state index in [1.807, 2.05) is 24.3 Å². The van der Waals surface area contributed by atoms with Crippen molar-refractivity contribution >= 4 is 5.91 Å². The summed E-state index contributed by atoms with van der Waals surface area (Å²) in [5, 5.41) is 3.24. The van der Waals surface area contributed by atoms with E-state index in [9.17, 15) is 4.79 Å². The second-order valence-electron chi connectivity index (χ2n) is 3.74. The number of rotatable bonds is 5. The van der Waals surface area contributed by atoms with Gasteiger partial charge < -0.3 is 15.5 Å². The Morgan fingerprint density at radius 1 is 1.18 bits per heavy atom. The fourth-order valence-electron chi connectivity index (χ4n) is 1.53. The largest absolute Gasteiger partial charge is 0.468 e. The van der Waals surface area contributed by atoms with Crippen LogP contribution in [0.4, 0.5) is 0 Å². The quantitative estimate of drug-likeness (QED) is 0.821. The molecule has 1 aromatic carbocycles.